The highest BCUT2D eigenvalue weighted by Crippen LogP contribution is 2.34. The maximum absolute atomic E-state index is 11.7. The highest BCUT2D eigenvalue weighted by atomic mass is 16.5. The number of carboxylic acids is 2. The van der Waals surface area contributed by atoms with Crippen molar-refractivity contribution in [1.29, 1.82) is 0 Å². The Bertz CT molecular complexity index is 468. The molecule has 134 valence electrons. The second-order valence-corrected chi connectivity index (χ2v) is 5.08. The molecule has 0 aliphatic heterocycles. The molecule has 0 aromatic rings. The average Bonchev–Trinajstić information content (AvgIpc) is 2.53. The molecule has 8 nitrogen and oxygen atoms in total. The van der Waals surface area contributed by atoms with Gasteiger partial charge in [-0.3, -0.25) is 9.59 Å². The monoisotopic (exact) mass is 342 g/mol. The van der Waals surface area contributed by atoms with Gasteiger partial charge in [-0.25, -0.2) is 9.59 Å². The van der Waals surface area contributed by atoms with Crippen LogP contribution < -0.4 is 0 Å². The topological polar surface area (TPSA) is 127 Å². The zero-order valence-corrected chi connectivity index (χ0v) is 13.4. The Morgan fingerprint density at radius 1 is 0.875 bits per heavy atom. The van der Waals surface area contributed by atoms with E-state index in [1.165, 1.54) is 0 Å². The molecule has 0 radical (unpaired) electrons. The van der Waals surface area contributed by atoms with Gasteiger partial charge in [0.25, 0.3) is 0 Å². The Hall–Kier alpha value is -2.64. The summed E-state index contributed by atoms with van der Waals surface area (Å²) in [4.78, 5) is 44.5. The van der Waals surface area contributed by atoms with Crippen molar-refractivity contribution in [3.63, 3.8) is 0 Å². The molecule has 0 saturated carbocycles. The lowest BCUT2D eigenvalue weighted by atomic mass is 9.77. The predicted molar refractivity (Wildman–Crippen MR) is 83.1 cm³/mol. The van der Waals surface area contributed by atoms with E-state index in [-0.39, 0.29) is 45.3 Å². The Balaban J connectivity index is 4.93. The van der Waals surface area contributed by atoms with E-state index >= 15 is 0 Å². The summed E-state index contributed by atoms with van der Waals surface area (Å²) in [7, 11) is 0. The van der Waals surface area contributed by atoms with Crippen molar-refractivity contribution < 1.29 is 38.9 Å². The summed E-state index contributed by atoms with van der Waals surface area (Å²) >= 11 is 0. The van der Waals surface area contributed by atoms with Gasteiger partial charge < -0.3 is 19.7 Å². The molecule has 0 aliphatic carbocycles. The van der Waals surface area contributed by atoms with Crippen molar-refractivity contribution in [2.24, 2.45) is 5.41 Å². The van der Waals surface area contributed by atoms with Crippen LogP contribution in [0.25, 0.3) is 0 Å². The molecular formula is C16H22O8. The number of carboxylic acid groups (broad SMARTS) is 2. The molecule has 0 bridgehead atoms. The average molecular weight is 342 g/mol. The minimum atomic E-state index is -1.36. The number of esters is 2. The normalized spacial score (nSPS) is 10.5. The van der Waals surface area contributed by atoms with Gasteiger partial charge in [0, 0.05) is 18.6 Å². The standard InChI is InChI=1S/C16H22O8/c1-3-13(19)23-10-8-16(15(21)22,7-5-6-12(17)18)9-11-24-14(20)4-2/h3-4H,1-2,5-11H2,(H,17,18)(H,21,22). The lowest BCUT2D eigenvalue weighted by Crippen LogP contribution is -2.34. The van der Waals surface area contributed by atoms with E-state index in [4.69, 9.17) is 14.6 Å². The van der Waals surface area contributed by atoms with Gasteiger partial charge in [0.05, 0.1) is 18.6 Å². The Morgan fingerprint density at radius 2 is 1.33 bits per heavy atom. The SMILES string of the molecule is C=CC(=O)OCCC(CCCC(=O)O)(CCOC(=O)C=C)C(=O)O. The van der Waals surface area contributed by atoms with E-state index < -0.39 is 29.3 Å². The molecular weight excluding hydrogens is 320 g/mol. The molecule has 0 heterocycles. The summed E-state index contributed by atoms with van der Waals surface area (Å²) in [5.41, 5.74) is -1.36. The van der Waals surface area contributed by atoms with E-state index in [9.17, 15) is 24.3 Å². The van der Waals surface area contributed by atoms with Crippen LogP contribution in [0.4, 0.5) is 0 Å². The van der Waals surface area contributed by atoms with E-state index in [0.29, 0.717) is 0 Å². The van der Waals surface area contributed by atoms with Crippen molar-refractivity contribution in [3.05, 3.63) is 25.3 Å². The minimum Gasteiger partial charge on any atom is -0.481 e. The summed E-state index contributed by atoms with van der Waals surface area (Å²) in [5.74, 6) is -3.57. The van der Waals surface area contributed by atoms with Gasteiger partial charge in [-0.05, 0) is 25.7 Å². The molecule has 0 saturated heterocycles. The van der Waals surface area contributed by atoms with Crippen molar-refractivity contribution >= 4 is 23.9 Å². The third-order valence-electron chi connectivity index (χ3n) is 3.48. The molecule has 8 heteroatoms. The molecule has 2 N–H and O–H groups in total. The number of ether oxygens (including phenoxy) is 2. The van der Waals surface area contributed by atoms with Crippen LogP contribution in [0.3, 0.4) is 0 Å². The molecule has 0 atom stereocenters. The van der Waals surface area contributed by atoms with Gasteiger partial charge in [0.2, 0.25) is 0 Å². The highest BCUT2D eigenvalue weighted by molar-refractivity contribution is 5.81. The minimum absolute atomic E-state index is 0.0346. The third kappa shape index (κ3) is 8.11. The van der Waals surface area contributed by atoms with Crippen LogP contribution in [0, 0.1) is 5.41 Å². The van der Waals surface area contributed by atoms with Crippen LogP contribution in [0.5, 0.6) is 0 Å². The molecule has 0 aliphatic rings. The number of rotatable bonds is 13. The first kappa shape index (κ1) is 21.4. The smallest absolute Gasteiger partial charge is 0.330 e. The van der Waals surface area contributed by atoms with Gasteiger partial charge >= 0.3 is 23.9 Å². The molecule has 0 spiro atoms. The van der Waals surface area contributed by atoms with Crippen molar-refractivity contribution in [3.8, 4) is 0 Å². The summed E-state index contributed by atoms with van der Waals surface area (Å²) in [5, 5.41) is 18.3. The van der Waals surface area contributed by atoms with Crippen molar-refractivity contribution in [2.45, 2.75) is 32.1 Å². The van der Waals surface area contributed by atoms with Crippen LogP contribution in [0.1, 0.15) is 32.1 Å². The van der Waals surface area contributed by atoms with Crippen LogP contribution >= 0.6 is 0 Å². The molecule has 0 fully saturated rings. The van der Waals surface area contributed by atoms with E-state index in [0.717, 1.165) is 12.2 Å². The molecule has 24 heavy (non-hydrogen) atoms. The summed E-state index contributed by atoms with van der Waals surface area (Å²) in [6.45, 7) is 6.14. The third-order valence-corrected chi connectivity index (χ3v) is 3.48. The van der Waals surface area contributed by atoms with E-state index in [1.54, 1.807) is 0 Å². The van der Waals surface area contributed by atoms with Crippen LogP contribution in [0.15, 0.2) is 25.3 Å². The van der Waals surface area contributed by atoms with Crippen LogP contribution in [0.2, 0.25) is 0 Å². The summed E-state index contributed by atoms with van der Waals surface area (Å²) in [6, 6.07) is 0. The van der Waals surface area contributed by atoms with Gasteiger partial charge in [0.1, 0.15) is 0 Å². The zero-order valence-electron chi connectivity index (χ0n) is 13.4. The van der Waals surface area contributed by atoms with Crippen LogP contribution in [-0.2, 0) is 28.7 Å². The number of carbonyl (C=O) groups excluding carboxylic acids is 2. The molecule has 0 unspecified atom stereocenters. The van der Waals surface area contributed by atoms with Crippen molar-refractivity contribution in [1.82, 2.24) is 0 Å². The first-order valence-corrected chi connectivity index (χ1v) is 7.31. The summed E-state index contributed by atoms with van der Waals surface area (Å²) < 4.78 is 9.62. The highest BCUT2D eigenvalue weighted by Gasteiger charge is 2.38. The largest absolute Gasteiger partial charge is 0.481 e. The Morgan fingerprint density at radius 3 is 1.67 bits per heavy atom. The predicted octanol–water partition coefficient (Wildman–Crippen LogP) is 1.55. The van der Waals surface area contributed by atoms with Crippen molar-refractivity contribution in [2.75, 3.05) is 13.2 Å². The quantitative estimate of drug-likeness (QED) is 0.381. The molecule has 0 aromatic heterocycles. The fourth-order valence-corrected chi connectivity index (χ4v) is 2.09. The zero-order chi connectivity index (χ0) is 18.6. The van der Waals surface area contributed by atoms with Gasteiger partial charge in [-0.15, -0.1) is 0 Å². The first-order chi connectivity index (χ1) is 11.3. The Kier molecular flexibility index (Phi) is 9.77. The molecule has 0 rings (SSSR count). The van der Waals surface area contributed by atoms with Gasteiger partial charge in [0.15, 0.2) is 0 Å². The second-order valence-electron chi connectivity index (χ2n) is 5.08. The number of carbonyl (C=O) groups is 4. The maximum Gasteiger partial charge on any atom is 0.330 e. The first-order valence-electron chi connectivity index (χ1n) is 7.31. The van der Waals surface area contributed by atoms with E-state index in [2.05, 4.69) is 13.2 Å². The fraction of sp³-hybridized carbons (Fsp3) is 0.500. The molecule has 0 amide bonds. The number of hydrogen-bond donors (Lipinski definition) is 2. The summed E-state index contributed by atoms with van der Waals surface area (Å²) in [6.07, 6.45) is 1.84. The second kappa shape index (κ2) is 11.0. The maximum atomic E-state index is 11.7. The van der Waals surface area contributed by atoms with Gasteiger partial charge in [-0.2, -0.15) is 0 Å². The Labute approximate surface area is 139 Å². The van der Waals surface area contributed by atoms with Crippen LogP contribution in [-0.4, -0.2) is 47.3 Å². The number of aliphatic carboxylic acids is 2. The molecule has 0 aromatic carbocycles. The van der Waals surface area contributed by atoms with E-state index in [1.807, 2.05) is 0 Å². The number of hydrogen-bond acceptors (Lipinski definition) is 6. The lowest BCUT2D eigenvalue weighted by molar-refractivity contribution is -0.156. The van der Waals surface area contributed by atoms with Gasteiger partial charge in [-0.1, -0.05) is 13.2 Å². The fourth-order valence-electron chi connectivity index (χ4n) is 2.09. The lowest BCUT2D eigenvalue weighted by Gasteiger charge is -2.29.